The molecule has 5 rings (SSSR count). The SMILES string of the molecule is CN1CCc2cc(Nc3cc4cc(OCc5ccccc5)c(F)c(Cl)c4cn3)nn2CC1=O. The van der Waals surface area contributed by atoms with Gasteiger partial charge in [0.1, 0.15) is 19.0 Å². The molecular weight excluding hydrogens is 445 g/mol. The number of hydrogen-bond acceptors (Lipinski definition) is 5. The number of nitrogens with zero attached hydrogens (tertiary/aromatic N) is 4. The number of rotatable bonds is 5. The lowest BCUT2D eigenvalue weighted by molar-refractivity contribution is -0.130. The molecule has 7 nitrogen and oxygen atoms in total. The standard InChI is InChI=1S/C24H21ClFN5O2/c1-30-8-7-17-11-21(29-31(17)13-22(30)32)28-20-10-16-9-19(24(26)23(25)18(16)12-27-20)33-14-15-5-3-2-4-6-15/h2-6,9-12H,7-8,13-14H2,1H3,(H,27,28,29). The first-order valence-corrected chi connectivity index (χ1v) is 10.9. The lowest BCUT2D eigenvalue weighted by atomic mass is 10.1. The summed E-state index contributed by atoms with van der Waals surface area (Å²) in [5.41, 5.74) is 1.90. The van der Waals surface area contributed by atoms with Gasteiger partial charge in [0.2, 0.25) is 5.91 Å². The Morgan fingerprint density at radius 2 is 2.00 bits per heavy atom. The van der Waals surface area contributed by atoms with E-state index in [0.29, 0.717) is 29.0 Å². The lowest BCUT2D eigenvalue weighted by Gasteiger charge is -2.12. The van der Waals surface area contributed by atoms with Gasteiger partial charge in [-0.25, -0.2) is 9.37 Å². The number of amides is 1. The van der Waals surface area contributed by atoms with E-state index in [1.807, 2.05) is 36.4 Å². The second-order valence-corrected chi connectivity index (χ2v) is 8.31. The van der Waals surface area contributed by atoms with E-state index < -0.39 is 5.82 Å². The fraction of sp³-hybridized carbons (Fsp3) is 0.208. The Balaban J connectivity index is 1.40. The van der Waals surface area contributed by atoms with Crippen LogP contribution in [0.5, 0.6) is 5.75 Å². The van der Waals surface area contributed by atoms with Crippen LogP contribution in [0.3, 0.4) is 0 Å². The van der Waals surface area contributed by atoms with Crippen molar-refractivity contribution in [2.45, 2.75) is 19.6 Å². The van der Waals surface area contributed by atoms with Crippen LogP contribution in [-0.4, -0.2) is 39.2 Å². The monoisotopic (exact) mass is 465 g/mol. The summed E-state index contributed by atoms with van der Waals surface area (Å²) in [6.07, 6.45) is 2.24. The summed E-state index contributed by atoms with van der Waals surface area (Å²) in [7, 11) is 1.79. The van der Waals surface area contributed by atoms with Crippen molar-refractivity contribution in [3.63, 3.8) is 0 Å². The molecule has 0 saturated heterocycles. The number of aromatic nitrogens is 3. The second kappa shape index (κ2) is 8.71. The Kier molecular flexibility index (Phi) is 5.60. The number of nitrogens with one attached hydrogen (secondary N) is 1. The molecule has 0 bridgehead atoms. The van der Waals surface area contributed by atoms with E-state index in [-0.39, 0.29) is 29.8 Å². The lowest BCUT2D eigenvalue weighted by Crippen LogP contribution is -2.29. The minimum Gasteiger partial charge on any atom is -0.486 e. The van der Waals surface area contributed by atoms with Crippen molar-refractivity contribution < 1.29 is 13.9 Å². The molecule has 1 amide bonds. The maximum atomic E-state index is 14.8. The van der Waals surface area contributed by atoms with Crippen LogP contribution in [0.4, 0.5) is 16.0 Å². The highest BCUT2D eigenvalue weighted by Crippen LogP contribution is 2.34. The van der Waals surface area contributed by atoms with E-state index in [0.717, 1.165) is 17.7 Å². The minimum absolute atomic E-state index is 0.0203. The van der Waals surface area contributed by atoms with E-state index in [4.69, 9.17) is 16.3 Å². The zero-order valence-corrected chi connectivity index (χ0v) is 18.6. The molecule has 2 aromatic carbocycles. The Labute approximate surface area is 194 Å². The molecule has 3 heterocycles. The highest BCUT2D eigenvalue weighted by molar-refractivity contribution is 6.35. The van der Waals surface area contributed by atoms with Crippen molar-refractivity contribution in [1.29, 1.82) is 0 Å². The first kappa shape index (κ1) is 21.2. The first-order valence-electron chi connectivity index (χ1n) is 10.5. The van der Waals surface area contributed by atoms with Crippen LogP contribution in [-0.2, 0) is 24.4 Å². The van der Waals surface area contributed by atoms with Gasteiger partial charge in [0.15, 0.2) is 17.4 Å². The maximum absolute atomic E-state index is 14.8. The van der Waals surface area contributed by atoms with Gasteiger partial charge < -0.3 is 15.0 Å². The highest BCUT2D eigenvalue weighted by atomic mass is 35.5. The average Bonchev–Trinajstić information content (AvgIpc) is 3.14. The van der Waals surface area contributed by atoms with Crippen molar-refractivity contribution >= 4 is 39.9 Å². The number of carbonyl (C=O) groups is 1. The molecule has 2 aromatic heterocycles. The summed E-state index contributed by atoms with van der Waals surface area (Å²) in [6.45, 7) is 1.08. The van der Waals surface area contributed by atoms with Gasteiger partial charge in [-0.1, -0.05) is 41.9 Å². The number of fused-ring (bicyclic) bond motifs is 2. The molecule has 168 valence electrons. The van der Waals surface area contributed by atoms with Gasteiger partial charge >= 0.3 is 0 Å². The molecule has 0 aliphatic carbocycles. The van der Waals surface area contributed by atoms with Crippen molar-refractivity contribution in [1.82, 2.24) is 19.7 Å². The first-order chi connectivity index (χ1) is 16.0. The number of halogens is 2. The van der Waals surface area contributed by atoms with Crippen molar-refractivity contribution in [2.75, 3.05) is 18.9 Å². The number of pyridine rings is 1. The van der Waals surface area contributed by atoms with Gasteiger partial charge in [-0.2, -0.15) is 5.10 Å². The number of benzene rings is 2. The van der Waals surface area contributed by atoms with E-state index in [1.165, 1.54) is 6.20 Å². The summed E-state index contributed by atoms with van der Waals surface area (Å²) in [5.74, 6) is 0.589. The minimum atomic E-state index is -0.616. The topological polar surface area (TPSA) is 72.3 Å². The molecule has 9 heteroatoms. The van der Waals surface area contributed by atoms with E-state index >= 15 is 0 Å². The molecule has 0 radical (unpaired) electrons. The molecule has 1 aliphatic rings. The number of likely N-dealkylation sites (N-methyl/N-ethyl adjacent to an activating group) is 1. The van der Waals surface area contributed by atoms with Crippen LogP contribution in [0.15, 0.2) is 54.7 Å². The smallest absolute Gasteiger partial charge is 0.244 e. The van der Waals surface area contributed by atoms with Gasteiger partial charge in [0.25, 0.3) is 0 Å². The Hall–Kier alpha value is -3.65. The van der Waals surface area contributed by atoms with Crippen LogP contribution in [0.1, 0.15) is 11.3 Å². The van der Waals surface area contributed by atoms with Gasteiger partial charge in [-0.05, 0) is 23.1 Å². The molecule has 0 fully saturated rings. The van der Waals surface area contributed by atoms with Crippen LogP contribution in [0.25, 0.3) is 10.8 Å². The third-order valence-corrected chi connectivity index (χ3v) is 6.01. The summed E-state index contributed by atoms with van der Waals surface area (Å²) in [4.78, 5) is 18.2. The molecule has 0 unspecified atom stereocenters. The Morgan fingerprint density at radius 3 is 2.82 bits per heavy atom. The maximum Gasteiger partial charge on any atom is 0.244 e. The summed E-state index contributed by atoms with van der Waals surface area (Å²) in [5, 5.41) is 8.79. The van der Waals surface area contributed by atoms with Gasteiger partial charge in [0, 0.05) is 43.4 Å². The fourth-order valence-corrected chi connectivity index (χ4v) is 4.01. The second-order valence-electron chi connectivity index (χ2n) is 7.94. The summed E-state index contributed by atoms with van der Waals surface area (Å²) >= 11 is 6.27. The molecule has 0 saturated carbocycles. The fourth-order valence-electron chi connectivity index (χ4n) is 3.76. The molecule has 0 spiro atoms. The molecule has 33 heavy (non-hydrogen) atoms. The zero-order chi connectivity index (χ0) is 22.9. The predicted molar refractivity (Wildman–Crippen MR) is 124 cm³/mol. The molecule has 1 aliphatic heterocycles. The number of carbonyl (C=O) groups excluding carboxylic acids is 1. The quantitative estimate of drug-likeness (QED) is 0.467. The number of hydrogen-bond donors (Lipinski definition) is 1. The largest absolute Gasteiger partial charge is 0.486 e. The van der Waals surface area contributed by atoms with Crippen LogP contribution in [0.2, 0.25) is 5.02 Å². The normalized spacial score (nSPS) is 13.7. The summed E-state index contributed by atoms with van der Waals surface area (Å²) in [6, 6.07) is 14.8. The molecule has 4 aromatic rings. The molecule has 1 N–H and O–H groups in total. The van der Waals surface area contributed by atoms with Crippen molar-refractivity contribution in [2.24, 2.45) is 0 Å². The predicted octanol–water partition coefficient (Wildman–Crippen LogP) is 4.56. The third-order valence-electron chi connectivity index (χ3n) is 5.64. The number of anilines is 2. The third kappa shape index (κ3) is 4.34. The Bertz CT molecular complexity index is 1340. The Morgan fingerprint density at radius 1 is 1.18 bits per heavy atom. The van der Waals surface area contributed by atoms with Gasteiger partial charge in [-0.3, -0.25) is 9.48 Å². The molecule has 0 atom stereocenters. The van der Waals surface area contributed by atoms with Crippen LogP contribution >= 0.6 is 11.6 Å². The van der Waals surface area contributed by atoms with Crippen LogP contribution in [0, 0.1) is 5.82 Å². The van der Waals surface area contributed by atoms with Gasteiger partial charge in [0.05, 0.1) is 5.02 Å². The van der Waals surface area contributed by atoms with Gasteiger partial charge in [-0.15, -0.1) is 0 Å². The highest BCUT2D eigenvalue weighted by Gasteiger charge is 2.20. The molecular formula is C24H21ClFN5O2. The van der Waals surface area contributed by atoms with E-state index in [9.17, 15) is 9.18 Å². The summed E-state index contributed by atoms with van der Waals surface area (Å²) < 4.78 is 22.2. The van der Waals surface area contributed by atoms with E-state index in [2.05, 4.69) is 15.4 Å². The zero-order valence-electron chi connectivity index (χ0n) is 17.9. The van der Waals surface area contributed by atoms with E-state index in [1.54, 1.807) is 28.8 Å². The van der Waals surface area contributed by atoms with Crippen molar-refractivity contribution in [3.05, 3.63) is 76.8 Å². The average molecular weight is 466 g/mol. The number of ether oxygens (including phenoxy) is 1. The van der Waals surface area contributed by atoms with Crippen molar-refractivity contribution in [3.8, 4) is 5.75 Å². The van der Waals surface area contributed by atoms with Crippen LogP contribution < -0.4 is 10.1 Å².